The van der Waals surface area contributed by atoms with Crippen molar-refractivity contribution in [3.8, 4) is 11.3 Å². The van der Waals surface area contributed by atoms with Crippen molar-refractivity contribution in [2.24, 2.45) is 17.8 Å². The van der Waals surface area contributed by atoms with Crippen LogP contribution in [0.25, 0.3) is 11.3 Å². The normalized spacial score (nSPS) is 26.5. The molecule has 178 valence electrons. The molecule has 33 heavy (non-hydrogen) atoms. The molecule has 2 saturated heterocycles. The zero-order valence-electron chi connectivity index (χ0n) is 18.3. The van der Waals surface area contributed by atoms with Crippen LogP contribution in [0.2, 0.25) is 0 Å². The quantitative estimate of drug-likeness (QED) is 0.641. The largest absolute Gasteiger partial charge is 0.420 e. The molecule has 0 spiro atoms. The van der Waals surface area contributed by atoms with Gasteiger partial charge in [-0.05, 0) is 61.6 Å². The minimum absolute atomic E-state index is 0.000536. The van der Waals surface area contributed by atoms with Crippen molar-refractivity contribution in [1.82, 2.24) is 15.1 Å². The van der Waals surface area contributed by atoms with Crippen molar-refractivity contribution in [3.63, 3.8) is 0 Å². The first-order valence-corrected chi connectivity index (χ1v) is 11.6. The minimum Gasteiger partial charge on any atom is -0.381 e. The number of rotatable bonds is 5. The van der Waals surface area contributed by atoms with Gasteiger partial charge in [0.2, 0.25) is 0 Å². The summed E-state index contributed by atoms with van der Waals surface area (Å²) >= 11 is 0. The van der Waals surface area contributed by atoms with Crippen molar-refractivity contribution in [2.75, 3.05) is 38.2 Å². The van der Waals surface area contributed by atoms with E-state index < -0.39 is 17.6 Å². The van der Waals surface area contributed by atoms with Gasteiger partial charge in [-0.1, -0.05) is 12.1 Å². The van der Waals surface area contributed by atoms with Gasteiger partial charge in [-0.15, -0.1) is 10.2 Å². The Hall–Kier alpha value is -2.26. The average molecular weight is 465 g/mol. The average Bonchev–Trinajstić information content (AvgIpc) is 3.32. The molecule has 1 N–H and O–H groups in total. The molecular weight excluding hydrogens is 436 g/mol. The SMILES string of the molecule is Fc1cccc(-c2cc(C(F)(F)F)c(NC3C[C@@H]4CN(CC5CCOCC5)C[C@@H]4C3)nn2)c1. The third-order valence-electron chi connectivity index (χ3n) is 7.24. The second-order valence-electron chi connectivity index (χ2n) is 9.61. The fraction of sp³-hybridized carbons (Fsp3) is 0.583. The number of aromatic nitrogens is 2. The van der Waals surface area contributed by atoms with Crippen LogP contribution in [0.15, 0.2) is 30.3 Å². The molecule has 5 rings (SSSR count). The summed E-state index contributed by atoms with van der Waals surface area (Å²) in [5.41, 5.74) is -0.603. The maximum Gasteiger partial charge on any atom is 0.420 e. The Labute approximate surface area is 190 Å². The van der Waals surface area contributed by atoms with Crippen LogP contribution in [0.5, 0.6) is 0 Å². The predicted octanol–water partition coefficient (Wildman–Crippen LogP) is 4.85. The Morgan fingerprint density at radius 3 is 2.42 bits per heavy atom. The molecular formula is C24H28F4N4O. The summed E-state index contributed by atoms with van der Waals surface area (Å²) in [6.07, 6.45) is -0.699. The number of halogens is 4. The molecule has 3 aliphatic rings. The van der Waals surface area contributed by atoms with Crippen LogP contribution in [-0.2, 0) is 10.9 Å². The van der Waals surface area contributed by atoms with Crippen molar-refractivity contribution >= 4 is 5.82 Å². The van der Waals surface area contributed by atoms with Gasteiger partial charge in [0.25, 0.3) is 0 Å². The first-order chi connectivity index (χ1) is 15.8. The number of fused-ring (bicyclic) bond motifs is 1. The fourth-order valence-corrected chi connectivity index (χ4v) is 5.65. The maximum atomic E-state index is 13.8. The van der Waals surface area contributed by atoms with Gasteiger partial charge in [0.1, 0.15) is 11.4 Å². The van der Waals surface area contributed by atoms with Gasteiger partial charge in [-0.2, -0.15) is 13.2 Å². The van der Waals surface area contributed by atoms with E-state index in [4.69, 9.17) is 4.74 Å². The predicted molar refractivity (Wildman–Crippen MR) is 116 cm³/mol. The number of anilines is 1. The second kappa shape index (κ2) is 9.18. The summed E-state index contributed by atoms with van der Waals surface area (Å²) in [7, 11) is 0. The summed E-state index contributed by atoms with van der Waals surface area (Å²) in [6, 6.07) is 6.25. The molecule has 3 atom stereocenters. The Kier molecular flexibility index (Phi) is 6.26. The van der Waals surface area contributed by atoms with E-state index in [-0.39, 0.29) is 23.1 Å². The summed E-state index contributed by atoms with van der Waals surface area (Å²) in [5.74, 6) is 0.903. The molecule has 1 unspecified atom stereocenters. The van der Waals surface area contributed by atoms with Gasteiger partial charge in [-0.25, -0.2) is 4.39 Å². The monoisotopic (exact) mass is 464 g/mol. The van der Waals surface area contributed by atoms with Crippen LogP contribution in [0.4, 0.5) is 23.4 Å². The standard InChI is InChI=1S/C24H28F4N4O/c25-19-3-1-2-16(8-19)22-11-21(24(26,27)28)23(31-30-22)29-20-9-17-13-32(14-18(17)10-20)12-15-4-6-33-7-5-15/h1-3,8,11,15,17-18,20H,4-7,9-10,12-14H2,(H,29,31)/t17-,18+,20?. The van der Waals surface area contributed by atoms with Gasteiger partial charge in [0, 0.05) is 44.5 Å². The number of ether oxygens (including phenoxy) is 1. The Bertz CT molecular complexity index is 965. The second-order valence-corrected chi connectivity index (χ2v) is 9.61. The minimum atomic E-state index is -4.59. The topological polar surface area (TPSA) is 50.3 Å². The highest BCUT2D eigenvalue weighted by molar-refractivity contribution is 5.62. The van der Waals surface area contributed by atoms with Gasteiger partial charge < -0.3 is 15.0 Å². The van der Waals surface area contributed by atoms with E-state index in [9.17, 15) is 17.6 Å². The van der Waals surface area contributed by atoms with Gasteiger partial charge >= 0.3 is 6.18 Å². The molecule has 1 aromatic heterocycles. The molecule has 1 aliphatic carbocycles. The number of nitrogens with one attached hydrogen (secondary N) is 1. The lowest BCUT2D eigenvalue weighted by Gasteiger charge is -2.28. The van der Waals surface area contributed by atoms with Crippen molar-refractivity contribution in [1.29, 1.82) is 0 Å². The molecule has 1 saturated carbocycles. The van der Waals surface area contributed by atoms with E-state index in [2.05, 4.69) is 20.4 Å². The first kappa shape index (κ1) is 22.5. The van der Waals surface area contributed by atoms with Crippen LogP contribution in [0, 0.1) is 23.6 Å². The number of alkyl halides is 3. The molecule has 0 radical (unpaired) electrons. The third kappa shape index (κ3) is 5.14. The lowest BCUT2D eigenvalue weighted by molar-refractivity contribution is -0.137. The zero-order chi connectivity index (χ0) is 23.0. The van der Waals surface area contributed by atoms with Gasteiger partial charge in [0.05, 0.1) is 5.69 Å². The molecule has 9 heteroatoms. The van der Waals surface area contributed by atoms with Crippen molar-refractivity contribution in [3.05, 3.63) is 41.7 Å². The highest BCUT2D eigenvalue weighted by Gasteiger charge is 2.42. The number of hydrogen-bond donors (Lipinski definition) is 1. The lowest BCUT2D eigenvalue weighted by Crippen LogP contribution is -2.32. The smallest absolute Gasteiger partial charge is 0.381 e. The maximum absolute atomic E-state index is 13.8. The number of benzene rings is 1. The van der Waals surface area contributed by atoms with Crippen LogP contribution in [0.3, 0.4) is 0 Å². The highest BCUT2D eigenvalue weighted by atomic mass is 19.4. The van der Waals surface area contributed by atoms with Gasteiger partial charge in [-0.3, -0.25) is 0 Å². The van der Waals surface area contributed by atoms with E-state index in [1.165, 1.54) is 18.2 Å². The van der Waals surface area contributed by atoms with Crippen LogP contribution >= 0.6 is 0 Å². The molecule has 2 aromatic rings. The van der Waals surface area contributed by atoms with E-state index in [1.54, 1.807) is 0 Å². The van der Waals surface area contributed by atoms with Crippen LogP contribution in [-0.4, -0.2) is 54.0 Å². The molecule has 2 aliphatic heterocycles. The molecule has 3 heterocycles. The number of likely N-dealkylation sites (tertiary alicyclic amines) is 1. The summed E-state index contributed by atoms with van der Waals surface area (Å²) < 4.78 is 60.4. The summed E-state index contributed by atoms with van der Waals surface area (Å²) in [5, 5.41) is 10.9. The Morgan fingerprint density at radius 2 is 1.76 bits per heavy atom. The lowest BCUT2D eigenvalue weighted by atomic mass is 10.00. The van der Waals surface area contributed by atoms with Gasteiger partial charge in [0.15, 0.2) is 5.82 Å². The number of nitrogens with zero attached hydrogens (tertiary/aromatic N) is 3. The van der Waals surface area contributed by atoms with E-state index in [1.807, 2.05) is 0 Å². The van der Waals surface area contributed by atoms with E-state index in [0.29, 0.717) is 17.8 Å². The molecule has 0 bridgehead atoms. The Morgan fingerprint density at radius 1 is 1.03 bits per heavy atom. The highest BCUT2D eigenvalue weighted by Crippen LogP contribution is 2.41. The molecule has 3 fully saturated rings. The summed E-state index contributed by atoms with van der Waals surface area (Å²) in [6.45, 7) is 4.81. The number of hydrogen-bond acceptors (Lipinski definition) is 5. The summed E-state index contributed by atoms with van der Waals surface area (Å²) in [4.78, 5) is 2.52. The van der Waals surface area contributed by atoms with Crippen molar-refractivity contribution in [2.45, 2.75) is 37.9 Å². The zero-order valence-corrected chi connectivity index (χ0v) is 18.3. The molecule has 0 amide bonds. The van der Waals surface area contributed by atoms with Crippen molar-refractivity contribution < 1.29 is 22.3 Å². The molecule has 1 aromatic carbocycles. The van der Waals surface area contributed by atoms with Crippen LogP contribution < -0.4 is 5.32 Å². The third-order valence-corrected chi connectivity index (χ3v) is 7.24. The van der Waals surface area contributed by atoms with E-state index >= 15 is 0 Å². The Balaban J connectivity index is 1.24. The van der Waals surface area contributed by atoms with E-state index in [0.717, 1.165) is 70.7 Å². The fourth-order valence-electron chi connectivity index (χ4n) is 5.65. The first-order valence-electron chi connectivity index (χ1n) is 11.6. The molecule has 5 nitrogen and oxygen atoms in total. The van der Waals surface area contributed by atoms with Crippen LogP contribution in [0.1, 0.15) is 31.2 Å².